The Bertz CT molecular complexity index is 748. The predicted molar refractivity (Wildman–Crippen MR) is 99.7 cm³/mol. The lowest BCUT2D eigenvalue weighted by atomic mass is 9.84. The number of hydrogen-bond acceptors (Lipinski definition) is 4. The second kappa shape index (κ2) is 6.93. The van der Waals surface area contributed by atoms with Gasteiger partial charge in [0.25, 0.3) is 0 Å². The number of ether oxygens (including phenoxy) is 1. The predicted octanol–water partition coefficient (Wildman–Crippen LogP) is 3.79. The molecule has 4 nitrogen and oxygen atoms in total. The maximum Gasteiger partial charge on any atom is 0.119 e. The van der Waals surface area contributed by atoms with E-state index in [9.17, 15) is 5.11 Å². The average molecular weight is 340 g/mol. The van der Waals surface area contributed by atoms with E-state index in [-0.39, 0.29) is 6.04 Å². The first-order valence-corrected chi connectivity index (χ1v) is 9.54. The number of nitrogens with zero attached hydrogens (tertiary/aromatic N) is 2. The standard InChI is InChI=1S/C21H28N2O2/c1-3-14-10-15-7-9-23(13-14)20(11-15)21(24)17-6-8-22-19-5-4-16(25-2)12-18(17)19/h4-6,8,12,14-15,20-21,24H,3,7,9-11,13H2,1-2H3. The summed E-state index contributed by atoms with van der Waals surface area (Å²) in [5, 5.41) is 12.3. The molecular weight excluding hydrogens is 312 g/mol. The number of pyridine rings is 1. The van der Waals surface area contributed by atoms with Crippen LogP contribution in [0.2, 0.25) is 0 Å². The van der Waals surface area contributed by atoms with Crippen molar-refractivity contribution in [3.05, 3.63) is 36.0 Å². The number of fused-ring (bicyclic) bond motifs is 5. The highest BCUT2D eigenvalue weighted by molar-refractivity contribution is 5.83. The molecule has 4 heterocycles. The molecule has 5 atom stereocenters. The average Bonchev–Trinajstić information content (AvgIpc) is 2.97. The lowest BCUT2D eigenvalue weighted by molar-refractivity contribution is 0.0205. The summed E-state index contributed by atoms with van der Waals surface area (Å²) in [4.78, 5) is 6.99. The summed E-state index contributed by atoms with van der Waals surface area (Å²) in [6.07, 6.45) is 6.28. The fourth-order valence-electron chi connectivity index (χ4n) is 4.80. The zero-order valence-corrected chi connectivity index (χ0v) is 15.2. The number of hydrogen-bond donors (Lipinski definition) is 1. The zero-order valence-electron chi connectivity index (χ0n) is 15.2. The second-order valence-corrected chi connectivity index (χ2v) is 7.69. The second-order valence-electron chi connectivity index (χ2n) is 7.69. The van der Waals surface area contributed by atoms with E-state index in [1.807, 2.05) is 30.5 Å². The number of methoxy groups -OCH3 is 1. The Balaban J connectivity index is 1.69. The molecule has 0 radical (unpaired) electrons. The molecule has 0 saturated carbocycles. The van der Waals surface area contributed by atoms with Crippen LogP contribution >= 0.6 is 0 Å². The molecule has 5 rings (SSSR count). The van der Waals surface area contributed by atoms with Crippen molar-refractivity contribution >= 4 is 10.9 Å². The van der Waals surface area contributed by atoms with Gasteiger partial charge in [0.05, 0.1) is 18.7 Å². The van der Waals surface area contributed by atoms with E-state index in [4.69, 9.17) is 4.74 Å². The first-order valence-electron chi connectivity index (χ1n) is 9.54. The number of aromatic nitrogens is 1. The van der Waals surface area contributed by atoms with Crippen molar-refractivity contribution in [2.45, 2.75) is 44.8 Å². The van der Waals surface area contributed by atoms with Crippen LogP contribution in [0.3, 0.4) is 0 Å². The maximum absolute atomic E-state index is 11.3. The SMILES string of the molecule is CCC1CC2CCN(C1)C(C(O)c1ccnc3ccc(OC)cc13)C2. The van der Waals surface area contributed by atoms with Gasteiger partial charge in [0.1, 0.15) is 5.75 Å². The summed E-state index contributed by atoms with van der Waals surface area (Å²) in [5.41, 5.74) is 1.90. The lowest BCUT2D eigenvalue weighted by Gasteiger charge is -2.39. The van der Waals surface area contributed by atoms with Gasteiger partial charge >= 0.3 is 0 Å². The van der Waals surface area contributed by atoms with Crippen LogP contribution < -0.4 is 4.74 Å². The summed E-state index contributed by atoms with van der Waals surface area (Å²) >= 11 is 0. The molecule has 0 spiro atoms. The van der Waals surface area contributed by atoms with Crippen LogP contribution in [-0.2, 0) is 0 Å². The van der Waals surface area contributed by atoms with E-state index < -0.39 is 6.10 Å². The normalized spacial score (nSPS) is 30.2. The van der Waals surface area contributed by atoms with E-state index in [2.05, 4.69) is 16.8 Å². The van der Waals surface area contributed by atoms with Crippen molar-refractivity contribution in [3.63, 3.8) is 0 Å². The molecule has 3 saturated heterocycles. The number of rotatable bonds is 4. The van der Waals surface area contributed by atoms with Crippen molar-refractivity contribution in [2.24, 2.45) is 11.8 Å². The van der Waals surface area contributed by atoms with Gasteiger partial charge in [-0.2, -0.15) is 0 Å². The minimum atomic E-state index is -0.476. The van der Waals surface area contributed by atoms with Gasteiger partial charge in [0, 0.05) is 24.2 Å². The van der Waals surface area contributed by atoms with Crippen molar-refractivity contribution in [3.8, 4) is 5.75 Å². The van der Waals surface area contributed by atoms with Crippen LogP contribution in [0.4, 0.5) is 0 Å². The summed E-state index contributed by atoms with van der Waals surface area (Å²) in [5.74, 6) is 2.34. The Morgan fingerprint density at radius 3 is 3.00 bits per heavy atom. The highest BCUT2D eigenvalue weighted by Gasteiger charge is 2.39. The molecule has 4 heteroatoms. The number of aliphatic hydroxyl groups excluding tert-OH is 1. The van der Waals surface area contributed by atoms with E-state index >= 15 is 0 Å². The molecule has 1 N–H and O–H groups in total. The third kappa shape index (κ3) is 3.13. The van der Waals surface area contributed by atoms with Crippen molar-refractivity contribution in [1.82, 2.24) is 9.88 Å². The fourth-order valence-corrected chi connectivity index (χ4v) is 4.80. The number of aliphatic hydroxyl groups is 1. The van der Waals surface area contributed by atoms with Crippen LogP contribution in [-0.4, -0.2) is 41.2 Å². The Kier molecular flexibility index (Phi) is 4.65. The molecule has 2 bridgehead atoms. The molecule has 134 valence electrons. The van der Waals surface area contributed by atoms with Gasteiger partial charge in [-0.25, -0.2) is 0 Å². The third-order valence-electron chi connectivity index (χ3n) is 6.27. The van der Waals surface area contributed by atoms with Gasteiger partial charge in [-0.15, -0.1) is 0 Å². The van der Waals surface area contributed by atoms with Gasteiger partial charge in [-0.05, 0) is 67.5 Å². The van der Waals surface area contributed by atoms with Crippen molar-refractivity contribution in [2.75, 3.05) is 20.2 Å². The molecule has 0 aliphatic carbocycles. The summed E-state index contributed by atoms with van der Waals surface area (Å²) in [6.45, 7) is 4.54. The highest BCUT2D eigenvalue weighted by Crippen LogP contribution is 2.40. The largest absolute Gasteiger partial charge is 0.497 e. The van der Waals surface area contributed by atoms with E-state index in [0.717, 1.165) is 53.6 Å². The van der Waals surface area contributed by atoms with Gasteiger partial charge < -0.3 is 9.84 Å². The summed E-state index contributed by atoms with van der Waals surface area (Å²) in [7, 11) is 1.68. The smallest absolute Gasteiger partial charge is 0.119 e. The maximum atomic E-state index is 11.3. The molecule has 0 amide bonds. The molecule has 5 unspecified atom stereocenters. The highest BCUT2D eigenvalue weighted by atomic mass is 16.5. The fraction of sp³-hybridized carbons (Fsp3) is 0.571. The van der Waals surface area contributed by atoms with Gasteiger partial charge in [0.15, 0.2) is 0 Å². The van der Waals surface area contributed by atoms with Gasteiger partial charge in [-0.1, -0.05) is 13.3 Å². The van der Waals surface area contributed by atoms with Crippen LogP contribution in [0.5, 0.6) is 5.75 Å². The molecular formula is C21H28N2O2. The molecule has 3 fully saturated rings. The minimum Gasteiger partial charge on any atom is -0.497 e. The molecule has 3 aliphatic heterocycles. The third-order valence-corrected chi connectivity index (χ3v) is 6.27. The number of benzene rings is 1. The Hall–Kier alpha value is -1.65. The Morgan fingerprint density at radius 2 is 2.20 bits per heavy atom. The topological polar surface area (TPSA) is 45.6 Å². The van der Waals surface area contributed by atoms with Crippen molar-refractivity contribution in [1.29, 1.82) is 0 Å². The first kappa shape index (κ1) is 16.8. The van der Waals surface area contributed by atoms with Crippen LogP contribution in [0.15, 0.2) is 30.5 Å². The lowest BCUT2D eigenvalue weighted by Crippen LogP contribution is -2.44. The van der Waals surface area contributed by atoms with Crippen LogP contribution in [0.1, 0.15) is 44.3 Å². The van der Waals surface area contributed by atoms with E-state index in [1.54, 1.807) is 7.11 Å². The molecule has 3 aliphatic rings. The van der Waals surface area contributed by atoms with Crippen LogP contribution in [0.25, 0.3) is 10.9 Å². The van der Waals surface area contributed by atoms with E-state index in [0.29, 0.717) is 0 Å². The zero-order chi connectivity index (χ0) is 17.4. The van der Waals surface area contributed by atoms with Gasteiger partial charge in [0.2, 0.25) is 0 Å². The first-order chi connectivity index (χ1) is 12.2. The van der Waals surface area contributed by atoms with E-state index in [1.165, 1.54) is 19.3 Å². The molecule has 1 aromatic heterocycles. The van der Waals surface area contributed by atoms with Crippen LogP contribution in [0, 0.1) is 11.8 Å². The number of piperidine rings is 1. The molecule has 2 aromatic rings. The Labute approximate surface area is 149 Å². The summed E-state index contributed by atoms with van der Waals surface area (Å²) in [6, 6.07) is 8.08. The molecule has 1 aromatic carbocycles. The quantitative estimate of drug-likeness (QED) is 0.920. The minimum absolute atomic E-state index is 0.215. The molecule has 25 heavy (non-hydrogen) atoms. The summed E-state index contributed by atoms with van der Waals surface area (Å²) < 4.78 is 5.38. The van der Waals surface area contributed by atoms with Crippen molar-refractivity contribution < 1.29 is 9.84 Å². The monoisotopic (exact) mass is 340 g/mol. The van der Waals surface area contributed by atoms with Gasteiger partial charge in [-0.3, -0.25) is 9.88 Å². The Morgan fingerprint density at radius 1 is 1.32 bits per heavy atom.